The van der Waals surface area contributed by atoms with Crippen LogP contribution in [-0.4, -0.2) is 29.8 Å². The SMILES string of the molecule is CCc1ccccc1-c1ccc2c(c1)CN(C)C2CNc1cnccc1C=O. The van der Waals surface area contributed by atoms with Crippen molar-refractivity contribution in [3.05, 3.63) is 83.2 Å². The number of hydrogen-bond donors (Lipinski definition) is 1. The van der Waals surface area contributed by atoms with Gasteiger partial charge in [0.25, 0.3) is 0 Å². The minimum absolute atomic E-state index is 0.269. The monoisotopic (exact) mass is 371 g/mol. The zero-order chi connectivity index (χ0) is 19.5. The molecule has 2 aromatic carbocycles. The topological polar surface area (TPSA) is 45.2 Å². The molecule has 0 saturated carbocycles. The molecular formula is C24H25N3O. The summed E-state index contributed by atoms with van der Waals surface area (Å²) in [6.45, 7) is 3.87. The number of aldehydes is 1. The van der Waals surface area contributed by atoms with Gasteiger partial charge in [0.2, 0.25) is 0 Å². The second kappa shape index (κ2) is 7.95. The molecular weight excluding hydrogens is 346 g/mol. The first-order valence-corrected chi connectivity index (χ1v) is 9.75. The van der Waals surface area contributed by atoms with E-state index in [1.807, 2.05) is 0 Å². The lowest BCUT2D eigenvalue weighted by Gasteiger charge is -2.21. The molecule has 4 nitrogen and oxygen atoms in total. The van der Waals surface area contributed by atoms with E-state index in [0.717, 1.165) is 31.5 Å². The van der Waals surface area contributed by atoms with Crippen LogP contribution in [0.2, 0.25) is 0 Å². The molecule has 0 fully saturated rings. The fraction of sp³-hybridized carbons (Fsp3) is 0.250. The Labute approximate surface area is 166 Å². The predicted octanol–water partition coefficient (Wildman–Crippen LogP) is 4.72. The molecule has 0 bridgehead atoms. The summed E-state index contributed by atoms with van der Waals surface area (Å²) in [6, 6.07) is 17.5. The van der Waals surface area contributed by atoms with E-state index in [4.69, 9.17) is 0 Å². The van der Waals surface area contributed by atoms with E-state index in [1.165, 1.54) is 27.8 Å². The number of fused-ring (bicyclic) bond motifs is 1. The van der Waals surface area contributed by atoms with Crippen LogP contribution < -0.4 is 5.32 Å². The number of carbonyl (C=O) groups excluding carboxylic acids is 1. The number of rotatable bonds is 6. The number of hydrogen-bond acceptors (Lipinski definition) is 4. The molecule has 1 N–H and O–H groups in total. The van der Waals surface area contributed by atoms with Crippen molar-refractivity contribution in [2.45, 2.75) is 25.9 Å². The molecule has 1 unspecified atom stereocenters. The quantitative estimate of drug-likeness (QED) is 0.637. The maximum atomic E-state index is 11.2. The number of nitrogens with zero attached hydrogens (tertiary/aromatic N) is 2. The third kappa shape index (κ3) is 3.43. The van der Waals surface area contributed by atoms with Gasteiger partial charge < -0.3 is 5.32 Å². The molecule has 2 heterocycles. The first-order valence-electron chi connectivity index (χ1n) is 9.75. The Balaban J connectivity index is 1.58. The number of pyridine rings is 1. The van der Waals surface area contributed by atoms with Crippen molar-refractivity contribution < 1.29 is 4.79 Å². The molecule has 4 rings (SSSR count). The molecule has 142 valence electrons. The van der Waals surface area contributed by atoms with Crippen LogP contribution in [0.5, 0.6) is 0 Å². The number of aromatic nitrogens is 1. The number of benzene rings is 2. The smallest absolute Gasteiger partial charge is 0.152 e. The summed E-state index contributed by atoms with van der Waals surface area (Å²) >= 11 is 0. The second-order valence-corrected chi connectivity index (χ2v) is 7.32. The lowest BCUT2D eigenvalue weighted by atomic mass is 9.94. The molecule has 3 aromatic rings. The summed E-state index contributed by atoms with van der Waals surface area (Å²) in [7, 11) is 2.15. The molecule has 1 aliphatic rings. The van der Waals surface area contributed by atoms with Crippen LogP contribution in [0.4, 0.5) is 5.69 Å². The highest BCUT2D eigenvalue weighted by atomic mass is 16.1. The van der Waals surface area contributed by atoms with Gasteiger partial charge in [-0.2, -0.15) is 0 Å². The summed E-state index contributed by atoms with van der Waals surface area (Å²) in [5.74, 6) is 0. The van der Waals surface area contributed by atoms with Gasteiger partial charge in [-0.25, -0.2) is 0 Å². The molecule has 4 heteroatoms. The first kappa shape index (κ1) is 18.4. The third-order valence-corrected chi connectivity index (χ3v) is 5.63. The summed E-state index contributed by atoms with van der Waals surface area (Å²) in [5.41, 5.74) is 8.14. The lowest BCUT2D eigenvalue weighted by Crippen LogP contribution is -2.24. The van der Waals surface area contributed by atoms with Crippen molar-refractivity contribution in [2.75, 3.05) is 18.9 Å². The van der Waals surface area contributed by atoms with Gasteiger partial charge in [0.1, 0.15) is 0 Å². The number of aryl methyl sites for hydroxylation is 1. The molecule has 0 amide bonds. The Kier molecular flexibility index (Phi) is 5.22. The highest BCUT2D eigenvalue weighted by molar-refractivity contribution is 5.83. The number of carbonyl (C=O) groups is 1. The van der Waals surface area contributed by atoms with Gasteiger partial charge in [-0.05, 0) is 53.4 Å². The van der Waals surface area contributed by atoms with Crippen LogP contribution in [0.15, 0.2) is 60.9 Å². The summed E-state index contributed by atoms with van der Waals surface area (Å²) in [4.78, 5) is 17.7. The molecule has 1 aromatic heterocycles. The zero-order valence-electron chi connectivity index (χ0n) is 16.4. The highest BCUT2D eigenvalue weighted by Crippen LogP contribution is 2.36. The van der Waals surface area contributed by atoms with Crippen LogP contribution in [0.1, 0.15) is 40.0 Å². The van der Waals surface area contributed by atoms with Gasteiger partial charge in [-0.15, -0.1) is 0 Å². The Bertz CT molecular complexity index is 999. The van der Waals surface area contributed by atoms with E-state index in [1.54, 1.807) is 18.5 Å². The largest absolute Gasteiger partial charge is 0.381 e. The number of nitrogens with one attached hydrogen (secondary N) is 1. The summed E-state index contributed by atoms with van der Waals surface area (Å²) in [5, 5.41) is 3.41. The molecule has 0 radical (unpaired) electrons. The molecule has 28 heavy (non-hydrogen) atoms. The highest BCUT2D eigenvalue weighted by Gasteiger charge is 2.27. The first-order chi connectivity index (χ1) is 13.7. The second-order valence-electron chi connectivity index (χ2n) is 7.32. The van der Waals surface area contributed by atoms with Gasteiger partial charge in [-0.1, -0.05) is 43.3 Å². The van der Waals surface area contributed by atoms with Gasteiger partial charge in [-0.3, -0.25) is 14.7 Å². The minimum Gasteiger partial charge on any atom is -0.381 e. The summed E-state index contributed by atoms with van der Waals surface area (Å²) < 4.78 is 0. The molecule has 1 aliphatic heterocycles. The Morgan fingerprint density at radius 1 is 1.21 bits per heavy atom. The molecule has 0 aliphatic carbocycles. The Hall–Kier alpha value is -2.98. The zero-order valence-corrected chi connectivity index (χ0v) is 16.4. The minimum atomic E-state index is 0.269. The van der Waals surface area contributed by atoms with Crippen LogP contribution in [0, 0.1) is 0 Å². The van der Waals surface area contributed by atoms with Gasteiger partial charge in [0.15, 0.2) is 6.29 Å². The fourth-order valence-electron chi connectivity index (χ4n) is 4.09. The predicted molar refractivity (Wildman–Crippen MR) is 114 cm³/mol. The van der Waals surface area contributed by atoms with Crippen LogP contribution >= 0.6 is 0 Å². The normalized spacial score (nSPS) is 16.0. The lowest BCUT2D eigenvalue weighted by molar-refractivity contribution is 0.112. The van der Waals surface area contributed by atoms with Crippen LogP contribution in [0.3, 0.4) is 0 Å². The third-order valence-electron chi connectivity index (χ3n) is 5.63. The summed E-state index contributed by atoms with van der Waals surface area (Å²) in [6.07, 6.45) is 5.25. The standard InChI is InChI=1S/C24H25N3O/c1-3-17-6-4-5-7-21(17)18-8-9-22-20(12-18)15-27(2)24(22)14-26-23-13-25-11-10-19(23)16-28/h4-13,16,24,26H,3,14-15H2,1-2H3. The van der Waals surface area contributed by atoms with E-state index in [0.29, 0.717) is 5.56 Å². The van der Waals surface area contributed by atoms with Crippen molar-refractivity contribution in [2.24, 2.45) is 0 Å². The van der Waals surface area contributed by atoms with Gasteiger partial charge in [0.05, 0.1) is 17.9 Å². The van der Waals surface area contributed by atoms with E-state index in [2.05, 4.69) is 71.6 Å². The van der Waals surface area contributed by atoms with Crippen molar-refractivity contribution in [1.82, 2.24) is 9.88 Å². The Morgan fingerprint density at radius 2 is 2.07 bits per heavy atom. The van der Waals surface area contributed by atoms with E-state index in [-0.39, 0.29) is 6.04 Å². The van der Waals surface area contributed by atoms with Crippen molar-refractivity contribution in [3.8, 4) is 11.1 Å². The van der Waals surface area contributed by atoms with Crippen LogP contribution in [-0.2, 0) is 13.0 Å². The van der Waals surface area contributed by atoms with Gasteiger partial charge >= 0.3 is 0 Å². The van der Waals surface area contributed by atoms with Crippen molar-refractivity contribution in [1.29, 1.82) is 0 Å². The van der Waals surface area contributed by atoms with Crippen molar-refractivity contribution >= 4 is 12.0 Å². The molecule has 1 atom stereocenters. The van der Waals surface area contributed by atoms with Gasteiger partial charge in [0, 0.05) is 24.8 Å². The Morgan fingerprint density at radius 3 is 2.89 bits per heavy atom. The van der Waals surface area contributed by atoms with E-state index in [9.17, 15) is 4.79 Å². The van der Waals surface area contributed by atoms with E-state index < -0.39 is 0 Å². The van der Waals surface area contributed by atoms with E-state index >= 15 is 0 Å². The van der Waals surface area contributed by atoms with Crippen molar-refractivity contribution in [3.63, 3.8) is 0 Å². The maximum absolute atomic E-state index is 11.2. The molecule has 0 spiro atoms. The number of anilines is 1. The fourth-order valence-corrected chi connectivity index (χ4v) is 4.09. The number of likely N-dealkylation sites (N-methyl/N-ethyl adjacent to an activating group) is 1. The molecule has 0 saturated heterocycles. The average molecular weight is 371 g/mol. The average Bonchev–Trinajstić information content (AvgIpc) is 3.06. The van der Waals surface area contributed by atoms with Crippen LogP contribution in [0.25, 0.3) is 11.1 Å². The maximum Gasteiger partial charge on any atom is 0.152 e.